The number of rotatable bonds is 3. The molecule has 0 radical (unpaired) electrons. The lowest BCUT2D eigenvalue weighted by Gasteiger charge is -2.14. The average molecular weight is 252 g/mol. The molecule has 0 amide bonds. The number of nitrogens with one attached hydrogen (secondary N) is 1. The van der Waals surface area contributed by atoms with Gasteiger partial charge >= 0.3 is 0 Å². The Kier molecular flexibility index (Phi) is 2.95. The fraction of sp³-hybridized carbons (Fsp3) is 0.188. The van der Waals surface area contributed by atoms with Crippen LogP contribution in [0.2, 0.25) is 0 Å². The van der Waals surface area contributed by atoms with Gasteiger partial charge in [0.05, 0.1) is 6.10 Å². The van der Waals surface area contributed by atoms with Crippen molar-refractivity contribution in [1.82, 2.24) is 9.97 Å². The Balaban J connectivity index is 2.18. The van der Waals surface area contributed by atoms with Crippen molar-refractivity contribution < 1.29 is 4.74 Å². The second-order valence-electron chi connectivity index (χ2n) is 4.76. The molecule has 0 atom stereocenters. The number of aromatic amines is 1. The largest absolute Gasteiger partial charge is 0.490 e. The highest BCUT2D eigenvalue weighted by atomic mass is 16.5. The second-order valence-corrected chi connectivity index (χ2v) is 4.76. The van der Waals surface area contributed by atoms with E-state index in [2.05, 4.69) is 16.0 Å². The van der Waals surface area contributed by atoms with Crippen molar-refractivity contribution >= 4 is 11.0 Å². The van der Waals surface area contributed by atoms with Gasteiger partial charge in [0.2, 0.25) is 0 Å². The number of nitrogens with zero attached hydrogens (tertiary/aromatic N) is 1. The SMILES string of the molecule is CC(C)Oc1ccccc1-c1ccnc2[nH]ccc12. The van der Waals surface area contributed by atoms with Gasteiger partial charge in [-0.15, -0.1) is 0 Å². The molecule has 0 unspecified atom stereocenters. The summed E-state index contributed by atoms with van der Waals surface area (Å²) in [5.41, 5.74) is 3.14. The quantitative estimate of drug-likeness (QED) is 0.764. The van der Waals surface area contributed by atoms with Gasteiger partial charge in [0.1, 0.15) is 11.4 Å². The Morgan fingerprint density at radius 2 is 1.89 bits per heavy atom. The molecule has 19 heavy (non-hydrogen) atoms. The topological polar surface area (TPSA) is 37.9 Å². The van der Waals surface area contributed by atoms with E-state index in [1.807, 2.05) is 56.6 Å². The maximum Gasteiger partial charge on any atom is 0.137 e. The molecule has 1 aromatic carbocycles. The highest BCUT2D eigenvalue weighted by molar-refractivity contribution is 5.94. The first kappa shape index (κ1) is 11.8. The fourth-order valence-corrected chi connectivity index (χ4v) is 2.24. The van der Waals surface area contributed by atoms with Crippen LogP contribution < -0.4 is 4.74 Å². The number of ether oxygens (including phenoxy) is 1. The first-order valence-electron chi connectivity index (χ1n) is 6.44. The van der Waals surface area contributed by atoms with Crippen LogP contribution in [0, 0.1) is 0 Å². The van der Waals surface area contributed by atoms with E-state index < -0.39 is 0 Å². The molecule has 0 saturated carbocycles. The molecule has 3 heteroatoms. The normalized spacial score (nSPS) is 11.1. The third-order valence-corrected chi connectivity index (χ3v) is 3.00. The average Bonchev–Trinajstić information content (AvgIpc) is 2.87. The Morgan fingerprint density at radius 1 is 1.05 bits per heavy atom. The number of pyridine rings is 1. The van der Waals surface area contributed by atoms with E-state index in [1.165, 1.54) is 0 Å². The molecule has 0 aliphatic carbocycles. The molecule has 2 heterocycles. The van der Waals surface area contributed by atoms with Crippen molar-refractivity contribution in [2.24, 2.45) is 0 Å². The van der Waals surface area contributed by atoms with Crippen molar-refractivity contribution in [1.29, 1.82) is 0 Å². The van der Waals surface area contributed by atoms with Crippen molar-refractivity contribution in [3.63, 3.8) is 0 Å². The highest BCUT2D eigenvalue weighted by Crippen LogP contribution is 2.34. The predicted molar refractivity (Wildman–Crippen MR) is 77.3 cm³/mol. The number of hydrogen-bond donors (Lipinski definition) is 1. The van der Waals surface area contributed by atoms with Crippen LogP contribution in [-0.2, 0) is 0 Å². The molecular weight excluding hydrogens is 236 g/mol. The van der Waals surface area contributed by atoms with Crippen LogP contribution >= 0.6 is 0 Å². The molecule has 0 bridgehead atoms. The third-order valence-electron chi connectivity index (χ3n) is 3.00. The summed E-state index contributed by atoms with van der Waals surface area (Å²) in [6.07, 6.45) is 3.89. The van der Waals surface area contributed by atoms with E-state index in [-0.39, 0.29) is 6.10 Å². The Labute approximate surface area is 112 Å². The molecule has 0 aliphatic heterocycles. The van der Waals surface area contributed by atoms with E-state index in [0.717, 1.165) is 27.9 Å². The lowest BCUT2D eigenvalue weighted by molar-refractivity contribution is 0.243. The van der Waals surface area contributed by atoms with Gasteiger partial charge in [-0.1, -0.05) is 18.2 Å². The summed E-state index contributed by atoms with van der Waals surface area (Å²) in [5, 5.41) is 1.11. The third kappa shape index (κ3) is 2.19. The van der Waals surface area contributed by atoms with E-state index in [0.29, 0.717) is 0 Å². The zero-order valence-corrected chi connectivity index (χ0v) is 11.1. The molecular formula is C16H16N2O. The fourth-order valence-electron chi connectivity index (χ4n) is 2.24. The molecule has 1 N–H and O–H groups in total. The summed E-state index contributed by atoms with van der Waals surface area (Å²) in [4.78, 5) is 7.46. The molecule has 0 spiro atoms. The summed E-state index contributed by atoms with van der Waals surface area (Å²) < 4.78 is 5.89. The Bertz CT molecular complexity index is 701. The maximum atomic E-state index is 5.89. The van der Waals surface area contributed by atoms with Gasteiger partial charge in [0, 0.05) is 23.3 Å². The molecule has 96 valence electrons. The molecule has 3 rings (SSSR count). The predicted octanol–water partition coefficient (Wildman–Crippen LogP) is 4.02. The van der Waals surface area contributed by atoms with Crippen molar-refractivity contribution in [3.8, 4) is 16.9 Å². The standard InChI is InChI=1S/C16H16N2O/c1-11(2)19-15-6-4-3-5-13(15)12-7-9-17-16-14(12)8-10-18-16/h3-11H,1-2H3,(H,17,18). The zero-order valence-electron chi connectivity index (χ0n) is 11.1. The van der Waals surface area contributed by atoms with Crippen LogP contribution in [-0.4, -0.2) is 16.1 Å². The molecule has 0 aliphatic rings. The number of aromatic nitrogens is 2. The number of fused-ring (bicyclic) bond motifs is 1. The first-order chi connectivity index (χ1) is 9.25. The van der Waals surface area contributed by atoms with Gasteiger partial charge in [-0.2, -0.15) is 0 Å². The minimum atomic E-state index is 0.157. The number of H-pyrrole nitrogens is 1. The van der Waals surface area contributed by atoms with Crippen molar-refractivity contribution in [2.75, 3.05) is 0 Å². The van der Waals surface area contributed by atoms with Gasteiger partial charge in [-0.05, 0) is 37.6 Å². The zero-order chi connectivity index (χ0) is 13.2. The Morgan fingerprint density at radius 3 is 2.74 bits per heavy atom. The van der Waals surface area contributed by atoms with Crippen LogP contribution in [0.1, 0.15) is 13.8 Å². The summed E-state index contributed by atoms with van der Waals surface area (Å²) in [6, 6.07) is 12.2. The molecule has 0 saturated heterocycles. The first-order valence-corrected chi connectivity index (χ1v) is 6.44. The lowest BCUT2D eigenvalue weighted by atomic mass is 10.0. The minimum absolute atomic E-state index is 0.157. The van der Waals surface area contributed by atoms with E-state index >= 15 is 0 Å². The monoisotopic (exact) mass is 252 g/mol. The van der Waals surface area contributed by atoms with Crippen molar-refractivity contribution in [3.05, 3.63) is 48.8 Å². The summed E-state index contributed by atoms with van der Waals surface area (Å²) in [5.74, 6) is 0.909. The van der Waals surface area contributed by atoms with Gasteiger partial charge in [0.15, 0.2) is 0 Å². The number of para-hydroxylation sites is 1. The highest BCUT2D eigenvalue weighted by Gasteiger charge is 2.11. The van der Waals surface area contributed by atoms with Gasteiger partial charge < -0.3 is 9.72 Å². The van der Waals surface area contributed by atoms with Gasteiger partial charge in [-0.25, -0.2) is 4.98 Å². The molecule has 0 fully saturated rings. The van der Waals surface area contributed by atoms with E-state index in [4.69, 9.17) is 4.74 Å². The van der Waals surface area contributed by atoms with Crippen LogP contribution in [0.3, 0.4) is 0 Å². The lowest BCUT2D eigenvalue weighted by Crippen LogP contribution is -2.06. The Hall–Kier alpha value is -2.29. The molecule has 2 aromatic heterocycles. The van der Waals surface area contributed by atoms with Gasteiger partial charge in [0.25, 0.3) is 0 Å². The number of benzene rings is 1. The summed E-state index contributed by atoms with van der Waals surface area (Å²) in [6.45, 7) is 4.07. The minimum Gasteiger partial charge on any atom is -0.490 e. The van der Waals surface area contributed by atoms with Crippen LogP contribution in [0.4, 0.5) is 0 Å². The summed E-state index contributed by atoms with van der Waals surface area (Å²) >= 11 is 0. The number of hydrogen-bond acceptors (Lipinski definition) is 2. The van der Waals surface area contributed by atoms with Crippen molar-refractivity contribution in [2.45, 2.75) is 20.0 Å². The van der Waals surface area contributed by atoms with E-state index in [1.54, 1.807) is 0 Å². The molecule has 3 nitrogen and oxygen atoms in total. The molecule has 3 aromatic rings. The second kappa shape index (κ2) is 4.76. The summed E-state index contributed by atoms with van der Waals surface area (Å²) in [7, 11) is 0. The maximum absolute atomic E-state index is 5.89. The smallest absolute Gasteiger partial charge is 0.137 e. The van der Waals surface area contributed by atoms with Crippen LogP contribution in [0.15, 0.2) is 48.8 Å². The van der Waals surface area contributed by atoms with Crippen LogP contribution in [0.25, 0.3) is 22.2 Å². The van der Waals surface area contributed by atoms with E-state index in [9.17, 15) is 0 Å². The van der Waals surface area contributed by atoms with Crippen LogP contribution in [0.5, 0.6) is 5.75 Å². The van der Waals surface area contributed by atoms with Gasteiger partial charge in [-0.3, -0.25) is 0 Å².